The zero-order chi connectivity index (χ0) is 33.2. The molecule has 11 nitrogen and oxygen atoms in total. The summed E-state index contributed by atoms with van der Waals surface area (Å²) < 4.78 is 17.8. The lowest BCUT2D eigenvalue weighted by molar-refractivity contribution is -0.142. The molecule has 46 heavy (non-hydrogen) atoms. The molecule has 0 radical (unpaired) electrons. The van der Waals surface area contributed by atoms with Crippen molar-refractivity contribution >= 4 is 29.3 Å². The van der Waals surface area contributed by atoms with Gasteiger partial charge in [0, 0.05) is 19.1 Å². The first-order valence-corrected chi connectivity index (χ1v) is 16.8. The standard InChI is InChI=1S/C35H51N5O6/c1-7-22-29(18-40(30(22)32(36)42)34(43)31(37-19-41)35(2,3)4)46-33-26(38-25-14-13-21(44-5)17-27(25)39-33)12-10-8-9-11-23-24-15-20(24)16-28(23)45-6/h13-14,17,19-20,22-24,28-31H,7-12,15-16,18H2,1-6H3,(H2,36,42)(H,37,41). The van der Waals surface area contributed by atoms with Gasteiger partial charge in [-0.2, -0.15) is 0 Å². The van der Waals surface area contributed by atoms with Crippen molar-refractivity contribution in [2.24, 2.45) is 34.8 Å². The van der Waals surface area contributed by atoms with Crippen LogP contribution in [-0.4, -0.2) is 78.1 Å². The maximum Gasteiger partial charge on any atom is 0.246 e. The minimum atomic E-state index is -0.879. The van der Waals surface area contributed by atoms with Gasteiger partial charge in [-0.3, -0.25) is 14.4 Å². The minimum Gasteiger partial charge on any atom is -0.497 e. The van der Waals surface area contributed by atoms with Crippen LogP contribution in [0.5, 0.6) is 11.6 Å². The Labute approximate surface area is 272 Å². The molecule has 2 aliphatic carbocycles. The topological polar surface area (TPSA) is 146 Å². The van der Waals surface area contributed by atoms with Gasteiger partial charge in [-0.05, 0) is 73.8 Å². The minimum absolute atomic E-state index is 0.138. The van der Waals surface area contributed by atoms with E-state index in [9.17, 15) is 14.4 Å². The predicted octanol–water partition coefficient (Wildman–Crippen LogP) is 4.04. The van der Waals surface area contributed by atoms with Gasteiger partial charge in [0.25, 0.3) is 0 Å². The Bertz CT molecular complexity index is 1410. The number of nitrogens with one attached hydrogen (secondary N) is 1. The first kappa shape index (κ1) is 33.9. The number of primary amides is 1. The molecule has 1 aromatic carbocycles. The quantitative estimate of drug-likeness (QED) is 0.220. The summed E-state index contributed by atoms with van der Waals surface area (Å²) in [4.78, 5) is 49.4. The summed E-state index contributed by atoms with van der Waals surface area (Å²) in [7, 11) is 3.45. The number of fused-ring (bicyclic) bond motifs is 2. The Balaban J connectivity index is 1.35. The van der Waals surface area contributed by atoms with Crippen molar-refractivity contribution in [2.45, 2.75) is 103 Å². The van der Waals surface area contributed by atoms with Crippen molar-refractivity contribution in [1.82, 2.24) is 20.2 Å². The second-order valence-corrected chi connectivity index (χ2v) is 14.4. The highest BCUT2D eigenvalue weighted by molar-refractivity contribution is 5.91. The van der Waals surface area contributed by atoms with Crippen molar-refractivity contribution in [2.75, 3.05) is 20.8 Å². The van der Waals surface area contributed by atoms with E-state index in [1.807, 2.05) is 53.0 Å². The van der Waals surface area contributed by atoms with Crippen LogP contribution in [0.3, 0.4) is 0 Å². The molecule has 3 amide bonds. The van der Waals surface area contributed by atoms with Gasteiger partial charge in [-0.1, -0.05) is 40.5 Å². The number of carbonyl (C=O) groups is 3. The van der Waals surface area contributed by atoms with Gasteiger partial charge in [-0.25, -0.2) is 9.97 Å². The van der Waals surface area contributed by atoms with Gasteiger partial charge in [-0.15, -0.1) is 0 Å². The molecule has 2 heterocycles. The molecule has 0 spiro atoms. The Morgan fingerprint density at radius 1 is 1.09 bits per heavy atom. The number of hydrogen-bond acceptors (Lipinski definition) is 8. The molecule has 1 aliphatic heterocycles. The van der Waals surface area contributed by atoms with E-state index < -0.39 is 29.5 Å². The third-order valence-corrected chi connectivity index (χ3v) is 10.5. The molecule has 3 fully saturated rings. The van der Waals surface area contributed by atoms with E-state index in [4.69, 9.17) is 29.9 Å². The summed E-state index contributed by atoms with van der Waals surface area (Å²) in [6.07, 6.45) is 8.56. The number of unbranched alkanes of at least 4 members (excludes halogenated alkanes) is 2. The van der Waals surface area contributed by atoms with Crippen molar-refractivity contribution in [3.8, 4) is 11.6 Å². The third kappa shape index (κ3) is 7.09. The fourth-order valence-electron chi connectivity index (χ4n) is 7.92. The monoisotopic (exact) mass is 637 g/mol. The number of ether oxygens (including phenoxy) is 3. The van der Waals surface area contributed by atoms with Crippen LogP contribution in [0.15, 0.2) is 18.2 Å². The van der Waals surface area contributed by atoms with Gasteiger partial charge in [0.1, 0.15) is 29.6 Å². The molecule has 8 atom stereocenters. The first-order chi connectivity index (χ1) is 22.0. The van der Waals surface area contributed by atoms with Crippen LogP contribution in [0, 0.1) is 29.1 Å². The highest BCUT2D eigenvalue weighted by atomic mass is 16.5. The Kier molecular flexibility index (Phi) is 10.4. The van der Waals surface area contributed by atoms with E-state index in [2.05, 4.69) is 5.32 Å². The number of aromatic nitrogens is 2. The lowest BCUT2D eigenvalue weighted by Gasteiger charge is -2.34. The van der Waals surface area contributed by atoms with E-state index in [0.29, 0.717) is 48.4 Å². The van der Waals surface area contributed by atoms with Crippen LogP contribution >= 0.6 is 0 Å². The number of benzene rings is 1. The van der Waals surface area contributed by atoms with Gasteiger partial charge in [0.15, 0.2) is 0 Å². The Morgan fingerprint density at radius 3 is 2.52 bits per heavy atom. The van der Waals surface area contributed by atoms with Crippen LogP contribution < -0.4 is 20.5 Å². The number of hydrogen-bond donors (Lipinski definition) is 2. The molecule has 8 unspecified atom stereocenters. The number of likely N-dealkylation sites (tertiary alicyclic amines) is 1. The van der Waals surface area contributed by atoms with E-state index in [-0.39, 0.29) is 18.4 Å². The average molecular weight is 638 g/mol. The van der Waals surface area contributed by atoms with E-state index in [0.717, 1.165) is 42.3 Å². The van der Waals surface area contributed by atoms with E-state index in [1.165, 1.54) is 24.2 Å². The van der Waals surface area contributed by atoms with Gasteiger partial charge < -0.3 is 30.2 Å². The summed E-state index contributed by atoms with van der Waals surface area (Å²) >= 11 is 0. The van der Waals surface area contributed by atoms with Gasteiger partial charge in [0.2, 0.25) is 24.1 Å². The van der Waals surface area contributed by atoms with Crippen LogP contribution in [0.25, 0.3) is 11.0 Å². The van der Waals surface area contributed by atoms with Crippen LogP contribution in [0.4, 0.5) is 0 Å². The summed E-state index contributed by atoms with van der Waals surface area (Å²) in [5.74, 6) is 2.15. The molecule has 1 saturated heterocycles. The molecule has 2 saturated carbocycles. The largest absolute Gasteiger partial charge is 0.497 e. The van der Waals surface area contributed by atoms with Crippen LogP contribution in [-0.2, 0) is 25.5 Å². The zero-order valence-electron chi connectivity index (χ0n) is 28.2. The predicted molar refractivity (Wildman–Crippen MR) is 174 cm³/mol. The van der Waals surface area contributed by atoms with E-state index in [1.54, 1.807) is 7.11 Å². The Morgan fingerprint density at radius 2 is 1.87 bits per heavy atom. The number of rotatable bonds is 15. The number of carbonyl (C=O) groups excluding carboxylic acids is 3. The number of amides is 3. The molecule has 2 aromatic rings. The van der Waals surface area contributed by atoms with Crippen molar-refractivity contribution in [1.29, 1.82) is 0 Å². The number of nitrogens with zero attached hydrogens (tertiary/aromatic N) is 3. The fraction of sp³-hybridized carbons (Fsp3) is 0.686. The smallest absolute Gasteiger partial charge is 0.246 e. The van der Waals surface area contributed by atoms with Crippen LogP contribution in [0.1, 0.15) is 78.3 Å². The number of aryl methyl sites for hydroxylation is 1. The highest BCUT2D eigenvalue weighted by Crippen LogP contribution is 2.57. The van der Waals surface area contributed by atoms with Gasteiger partial charge in [0.05, 0.1) is 30.8 Å². The van der Waals surface area contributed by atoms with Crippen molar-refractivity contribution in [3.63, 3.8) is 0 Å². The van der Waals surface area contributed by atoms with Crippen molar-refractivity contribution < 1.29 is 28.6 Å². The molecule has 0 bridgehead atoms. The molecular weight excluding hydrogens is 586 g/mol. The van der Waals surface area contributed by atoms with Crippen molar-refractivity contribution in [3.05, 3.63) is 23.9 Å². The van der Waals surface area contributed by atoms with Crippen LogP contribution in [0.2, 0.25) is 0 Å². The summed E-state index contributed by atoms with van der Waals surface area (Å²) in [5.41, 5.74) is 7.46. The maximum absolute atomic E-state index is 13.8. The van der Waals surface area contributed by atoms with E-state index >= 15 is 0 Å². The number of methoxy groups -OCH3 is 2. The lowest BCUT2D eigenvalue weighted by Crippen LogP contribution is -2.56. The number of nitrogens with two attached hydrogens (primary N) is 1. The zero-order valence-corrected chi connectivity index (χ0v) is 28.2. The summed E-state index contributed by atoms with van der Waals surface area (Å²) in [5, 5.41) is 2.65. The summed E-state index contributed by atoms with van der Waals surface area (Å²) in [6, 6.07) is 3.87. The second-order valence-electron chi connectivity index (χ2n) is 14.4. The SMILES string of the molecule is CCC1C(Oc2nc3cc(OC)ccc3nc2CCCCCC2C(OC)CC3CC32)CN(C(=O)C(NC=O)C(C)(C)C)C1C(N)=O. The molecule has 252 valence electrons. The first-order valence-electron chi connectivity index (χ1n) is 16.8. The molecule has 3 aliphatic rings. The molecule has 3 N–H and O–H groups in total. The maximum atomic E-state index is 13.8. The molecular formula is C35H51N5O6. The average Bonchev–Trinajstić information content (AvgIpc) is 3.56. The lowest BCUT2D eigenvalue weighted by atomic mass is 9.85. The fourth-order valence-corrected chi connectivity index (χ4v) is 7.92. The molecule has 1 aromatic heterocycles. The molecule has 11 heteroatoms. The third-order valence-electron chi connectivity index (χ3n) is 10.5. The normalized spacial score (nSPS) is 27.7. The second kappa shape index (κ2) is 14.1. The highest BCUT2D eigenvalue weighted by Gasteiger charge is 2.53. The van der Waals surface area contributed by atoms with Gasteiger partial charge >= 0.3 is 0 Å². The Hall–Kier alpha value is -3.47. The molecule has 5 rings (SSSR count). The summed E-state index contributed by atoms with van der Waals surface area (Å²) in [6.45, 7) is 7.69.